The van der Waals surface area contributed by atoms with E-state index < -0.39 is 0 Å². The molecule has 4 aromatic heterocycles. The minimum absolute atomic E-state index is 0.270. The Balaban J connectivity index is 1.56. The van der Waals surface area contributed by atoms with E-state index in [2.05, 4.69) is 32.3 Å². The first-order valence-electron chi connectivity index (χ1n) is 9.87. The number of aromatic amines is 1. The van der Waals surface area contributed by atoms with E-state index in [1.165, 1.54) is 5.57 Å². The highest BCUT2D eigenvalue weighted by Crippen LogP contribution is 2.31. The lowest BCUT2D eigenvalue weighted by molar-refractivity contribution is 0.614. The highest BCUT2D eigenvalue weighted by Gasteiger charge is 2.15. The number of rotatable bonds is 3. The van der Waals surface area contributed by atoms with Crippen molar-refractivity contribution in [1.29, 1.82) is 0 Å². The van der Waals surface area contributed by atoms with Crippen molar-refractivity contribution in [2.24, 2.45) is 5.73 Å². The summed E-state index contributed by atoms with van der Waals surface area (Å²) in [5.74, 6) is 0. The Morgan fingerprint density at radius 2 is 2.00 bits per heavy atom. The molecule has 0 aliphatic heterocycles. The largest absolute Gasteiger partial charge is 0.327 e. The number of nitrogens with two attached hydrogens (primary N) is 1. The minimum Gasteiger partial charge on any atom is -0.327 e. The lowest BCUT2D eigenvalue weighted by Gasteiger charge is -2.18. The van der Waals surface area contributed by atoms with E-state index in [4.69, 9.17) is 10.7 Å². The van der Waals surface area contributed by atoms with Gasteiger partial charge in [-0.05, 0) is 67.7 Å². The van der Waals surface area contributed by atoms with Crippen LogP contribution in [-0.2, 0) is 0 Å². The molecule has 4 aromatic rings. The summed E-state index contributed by atoms with van der Waals surface area (Å²) < 4.78 is 0. The zero-order valence-electron chi connectivity index (χ0n) is 16.3. The molecule has 6 heteroatoms. The van der Waals surface area contributed by atoms with Crippen molar-refractivity contribution in [3.8, 4) is 22.6 Å². The molecule has 3 N–H and O–H groups in total. The van der Waals surface area contributed by atoms with Gasteiger partial charge in [-0.3, -0.25) is 15.1 Å². The summed E-state index contributed by atoms with van der Waals surface area (Å²) in [6.45, 7) is 1.98. The SMILES string of the molecule is Cc1cccc(-c2n[nH]cc2-c2ccc3ncc(C4=CCC(N)CC4)cc3n2)n1. The number of nitrogens with one attached hydrogen (secondary N) is 1. The molecule has 0 aromatic carbocycles. The second-order valence-electron chi connectivity index (χ2n) is 7.53. The normalized spacial score (nSPS) is 16.8. The molecule has 29 heavy (non-hydrogen) atoms. The number of allylic oxidation sites excluding steroid dienone is 1. The highest BCUT2D eigenvalue weighted by molar-refractivity contribution is 5.84. The molecule has 6 nitrogen and oxygen atoms in total. The predicted molar refractivity (Wildman–Crippen MR) is 115 cm³/mol. The van der Waals surface area contributed by atoms with Crippen molar-refractivity contribution >= 4 is 16.6 Å². The average molecular weight is 382 g/mol. The van der Waals surface area contributed by atoms with Gasteiger partial charge in [-0.15, -0.1) is 0 Å². The van der Waals surface area contributed by atoms with E-state index in [9.17, 15) is 0 Å². The van der Waals surface area contributed by atoms with E-state index in [1.807, 2.05) is 49.6 Å². The molecule has 0 bridgehead atoms. The summed E-state index contributed by atoms with van der Waals surface area (Å²) >= 11 is 0. The molecule has 144 valence electrons. The number of nitrogens with zero attached hydrogens (tertiary/aromatic N) is 4. The van der Waals surface area contributed by atoms with Crippen molar-refractivity contribution in [3.05, 3.63) is 66.1 Å². The van der Waals surface area contributed by atoms with Crippen LogP contribution in [-0.4, -0.2) is 31.2 Å². The van der Waals surface area contributed by atoms with Crippen LogP contribution in [0, 0.1) is 6.92 Å². The number of aromatic nitrogens is 5. The summed E-state index contributed by atoms with van der Waals surface area (Å²) in [6, 6.07) is 12.3. The second kappa shape index (κ2) is 7.22. The molecule has 4 heterocycles. The molecule has 0 fully saturated rings. The van der Waals surface area contributed by atoms with Crippen molar-refractivity contribution in [2.45, 2.75) is 32.2 Å². The smallest absolute Gasteiger partial charge is 0.120 e. The molecule has 1 aliphatic carbocycles. The van der Waals surface area contributed by atoms with E-state index in [0.29, 0.717) is 0 Å². The maximum atomic E-state index is 6.02. The van der Waals surface area contributed by atoms with Gasteiger partial charge in [0.1, 0.15) is 5.69 Å². The fourth-order valence-electron chi connectivity index (χ4n) is 3.80. The topological polar surface area (TPSA) is 93.4 Å². The van der Waals surface area contributed by atoms with Crippen LogP contribution in [0.15, 0.2) is 54.9 Å². The number of H-pyrrole nitrogens is 1. The van der Waals surface area contributed by atoms with E-state index in [-0.39, 0.29) is 6.04 Å². The Morgan fingerprint density at radius 1 is 1.07 bits per heavy atom. The van der Waals surface area contributed by atoms with E-state index >= 15 is 0 Å². The first-order chi connectivity index (χ1) is 14.2. The Labute approximate surface area is 168 Å². The molecular formula is C23H22N6. The van der Waals surface area contributed by atoms with Crippen LogP contribution in [0.3, 0.4) is 0 Å². The number of pyridine rings is 3. The van der Waals surface area contributed by atoms with Crippen LogP contribution in [0.2, 0.25) is 0 Å². The molecule has 1 aliphatic rings. The van der Waals surface area contributed by atoms with Gasteiger partial charge < -0.3 is 5.73 Å². The van der Waals surface area contributed by atoms with Crippen LogP contribution in [0.25, 0.3) is 39.3 Å². The van der Waals surface area contributed by atoms with Gasteiger partial charge in [0.05, 0.1) is 22.4 Å². The summed E-state index contributed by atoms with van der Waals surface area (Å²) in [5.41, 5.74) is 14.6. The van der Waals surface area contributed by atoms with Gasteiger partial charge in [-0.2, -0.15) is 5.10 Å². The van der Waals surface area contributed by atoms with Crippen molar-refractivity contribution in [2.75, 3.05) is 0 Å². The van der Waals surface area contributed by atoms with Gasteiger partial charge in [0.15, 0.2) is 0 Å². The third-order valence-corrected chi connectivity index (χ3v) is 5.41. The highest BCUT2D eigenvalue weighted by atomic mass is 15.1. The quantitative estimate of drug-likeness (QED) is 0.551. The first-order valence-corrected chi connectivity index (χ1v) is 9.87. The molecular weight excluding hydrogens is 360 g/mol. The van der Waals surface area contributed by atoms with Gasteiger partial charge in [0, 0.05) is 29.7 Å². The Bertz CT molecular complexity index is 1220. The zero-order chi connectivity index (χ0) is 19.8. The molecule has 0 amide bonds. The number of hydrogen-bond acceptors (Lipinski definition) is 5. The Hall–Kier alpha value is -3.38. The van der Waals surface area contributed by atoms with Crippen LogP contribution in [0.4, 0.5) is 0 Å². The fourth-order valence-corrected chi connectivity index (χ4v) is 3.80. The molecule has 5 rings (SSSR count). The molecule has 0 radical (unpaired) electrons. The van der Waals surface area contributed by atoms with E-state index in [1.54, 1.807) is 0 Å². The van der Waals surface area contributed by atoms with Crippen molar-refractivity contribution < 1.29 is 0 Å². The van der Waals surface area contributed by atoms with Crippen molar-refractivity contribution in [1.82, 2.24) is 25.1 Å². The van der Waals surface area contributed by atoms with E-state index in [0.717, 1.165) is 64.2 Å². The Morgan fingerprint density at radius 3 is 2.83 bits per heavy atom. The van der Waals surface area contributed by atoms with Gasteiger partial charge in [0.2, 0.25) is 0 Å². The summed E-state index contributed by atoms with van der Waals surface area (Å²) in [7, 11) is 0. The molecule has 1 unspecified atom stereocenters. The molecule has 0 spiro atoms. The average Bonchev–Trinajstić information content (AvgIpc) is 3.23. The monoisotopic (exact) mass is 382 g/mol. The standard InChI is InChI=1S/C23H22N6/c1-14-3-2-4-21(27-14)23-18(13-26-29-23)19-9-10-20-22(28-19)11-16(12-25-20)15-5-7-17(24)8-6-15/h2-5,9-13,17H,6-8,24H2,1H3,(H,26,29). The predicted octanol–water partition coefficient (Wildman–Crippen LogP) is 4.28. The maximum absolute atomic E-state index is 6.02. The van der Waals surface area contributed by atoms with Gasteiger partial charge >= 0.3 is 0 Å². The molecule has 0 saturated carbocycles. The molecule has 1 atom stereocenters. The van der Waals surface area contributed by atoms with Gasteiger partial charge in [-0.25, -0.2) is 4.98 Å². The summed E-state index contributed by atoms with van der Waals surface area (Å²) in [5, 5.41) is 7.38. The van der Waals surface area contributed by atoms with Crippen LogP contribution >= 0.6 is 0 Å². The second-order valence-corrected chi connectivity index (χ2v) is 7.53. The lowest BCUT2D eigenvalue weighted by atomic mass is 9.92. The summed E-state index contributed by atoms with van der Waals surface area (Å²) in [6.07, 6.45) is 8.96. The lowest BCUT2D eigenvalue weighted by Crippen LogP contribution is -2.21. The first kappa shape index (κ1) is 17.7. The maximum Gasteiger partial charge on any atom is 0.120 e. The van der Waals surface area contributed by atoms with Gasteiger partial charge in [-0.1, -0.05) is 12.1 Å². The number of aryl methyl sites for hydroxylation is 1. The third kappa shape index (κ3) is 3.43. The third-order valence-electron chi connectivity index (χ3n) is 5.41. The molecule has 0 saturated heterocycles. The Kier molecular flexibility index (Phi) is 4.41. The fraction of sp³-hybridized carbons (Fsp3) is 0.217. The van der Waals surface area contributed by atoms with Crippen LogP contribution in [0.1, 0.15) is 30.5 Å². The van der Waals surface area contributed by atoms with Crippen LogP contribution < -0.4 is 5.73 Å². The van der Waals surface area contributed by atoms with Crippen LogP contribution in [0.5, 0.6) is 0 Å². The number of hydrogen-bond donors (Lipinski definition) is 2. The minimum atomic E-state index is 0.270. The van der Waals surface area contributed by atoms with Crippen molar-refractivity contribution in [3.63, 3.8) is 0 Å². The summed E-state index contributed by atoms with van der Waals surface area (Å²) in [4.78, 5) is 14.1. The number of fused-ring (bicyclic) bond motifs is 1. The van der Waals surface area contributed by atoms with Gasteiger partial charge in [0.25, 0.3) is 0 Å². The zero-order valence-corrected chi connectivity index (χ0v) is 16.3.